The van der Waals surface area contributed by atoms with E-state index in [0.29, 0.717) is 18.4 Å². The molecule has 1 saturated carbocycles. The molecule has 0 spiro atoms. The molecular weight excluding hydrogens is 645 g/mol. The quantitative estimate of drug-likeness (QED) is 0.136. The summed E-state index contributed by atoms with van der Waals surface area (Å²) in [6, 6.07) is 24.9. The molecule has 2 aliphatic rings. The van der Waals surface area contributed by atoms with E-state index in [1.165, 1.54) is 46.8 Å². The molecule has 7 heteroatoms. The zero-order valence-electron chi connectivity index (χ0n) is 31.6. The van der Waals surface area contributed by atoms with E-state index in [-0.39, 0.29) is 5.57 Å². The van der Waals surface area contributed by atoms with Crippen molar-refractivity contribution in [2.24, 2.45) is 0 Å². The van der Waals surface area contributed by atoms with Crippen molar-refractivity contribution in [3.8, 4) is 0 Å². The van der Waals surface area contributed by atoms with E-state index in [2.05, 4.69) is 136 Å². The smallest absolute Gasteiger partial charge is 0.333 e. The third-order valence-corrected chi connectivity index (χ3v) is 10.6. The molecule has 1 aliphatic carbocycles. The van der Waals surface area contributed by atoms with E-state index in [4.69, 9.17) is 0 Å². The molecule has 52 heavy (non-hydrogen) atoms. The lowest BCUT2D eigenvalue weighted by Gasteiger charge is -2.30. The molecule has 0 radical (unpaired) electrons. The van der Waals surface area contributed by atoms with Gasteiger partial charge in [-0.1, -0.05) is 72.8 Å². The van der Waals surface area contributed by atoms with Gasteiger partial charge < -0.3 is 9.80 Å². The van der Waals surface area contributed by atoms with E-state index in [9.17, 15) is 14.4 Å². The molecule has 4 aromatic rings. The standard InChI is InChI=1S/C45H48N4O3/c1-9-48(39-27-25-33-15-11-13-17-37(33)31(39)5)29(3)19-21-35-23-24-36(41(35)42-43(50)46(7)45(52)47(8)44(42)51)22-20-30(4)49(10-2)40-28-26-34-16-12-14-18-38(34)32(40)6/h11-22,25-28H,9-10,23-24H2,1-8H3/b29-19+,30-20+,35-21+,36-22+. The lowest BCUT2D eigenvalue weighted by molar-refractivity contribution is -0.134. The highest BCUT2D eigenvalue weighted by atomic mass is 16.2. The summed E-state index contributed by atoms with van der Waals surface area (Å²) >= 11 is 0. The Morgan fingerprint density at radius 1 is 0.615 bits per heavy atom. The monoisotopic (exact) mass is 692 g/mol. The van der Waals surface area contributed by atoms with Crippen LogP contribution in [0.2, 0.25) is 0 Å². The van der Waals surface area contributed by atoms with Gasteiger partial charge in [0.2, 0.25) is 0 Å². The fraction of sp³-hybridized carbons (Fsp3) is 0.267. The number of allylic oxidation sites excluding steroid dienone is 9. The Balaban J connectivity index is 1.42. The number of rotatable bonds is 8. The Bertz CT molecular complexity index is 2120. The molecule has 0 bridgehead atoms. The summed E-state index contributed by atoms with van der Waals surface area (Å²) in [6.07, 6.45) is 9.56. The van der Waals surface area contributed by atoms with Crippen LogP contribution in [0.1, 0.15) is 51.7 Å². The Hall–Kier alpha value is -5.69. The maximum absolute atomic E-state index is 13.7. The molecule has 2 fully saturated rings. The zero-order chi connectivity index (χ0) is 37.3. The first-order valence-corrected chi connectivity index (χ1v) is 18.1. The van der Waals surface area contributed by atoms with Crippen LogP contribution >= 0.6 is 0 Å². The summed E-state index contributed by atoms with van der Waals surface area (Å²) in [5, 5.41) is 4.86. The van der Waals surface area contributed by atoms with Gasteiger partial charge in [-0.15, -0.1) is 0 Å². The van der Waals surface area contributed by atoms with Crippen LogP contribution in [-0.2, 0) is 9.59 Å². The number of nitrogens with zero attached hydrogens (tertiary/aromatic N) is 4. The summed E-state index contributed by atoms with van der Waals surface area (Å²) < 4.78 is 0. The van der Waals surface area contributed by atoms with Gasteiger partial charge in [-0.3, -0.25) is 19.4 Å². The van der Waals surface area contributed by atoms with Crippen molar-refractivity contribution in [2.75, 3.05) is 37.0 Å². The SMILES string of the molecule is CCN(/C(C)=C/C=C1\CC/C(=C\C=C(/C)N(CC)c2ccc3ccccc3c2C)C1=C1C(=O)N(C)C(=O)N(C)C1=O)c1ccc2ccccc2c1C. The minimum absolute atomic E-state index is 0.0344. The number of benzene rings is 4. The normalized spacial score (nSPS) is 17.5. The Labute approximate surface area is 307 Å². The van der Waals surface area contributed by atoms with Crippen molar-refractivity contribution in [1.29, 1.82) is 0 Å². The van der Waals surface area contributed by atoms with E-state index in [0.717, 1.165) is 56.8 Å². The molecule has 266 valence electrons. The first-order valence-electron chi connectivity index (χ1n) is 18.1. The van der Waals surface area contributed by atoms with Crippen LogP contribution in [0.25, 0.3) is 21.5 Å². The molecule has 4 amide bonds. The molecular formula is C45H48N4O3. The summed E-state index contributed by atoms with van der Waals surface area (Å²) in [7, 11) is 2.86. The Morgan fingerprint density at radius 2 is 1.02 bits per heavy atom. The maximum atomic E-state index is 13.7. The van der Waals surface area contributed by atoms with E-state index < -0.39 is 17.8 Å². The molecule has 7 nitrogen and oxygen atoms in total. The highest BCUT2D eigenvalue weighted by Crippen LogP contribution is 2.40. The lowest BCUT2D eigenvalue weighted by Crippen LogP contribution is -2.53. The van der Waals surface area contributed by atoms with Crippen molar-refractivity contribution in [1.82, 2.24) is 9.80 Å². The van der Waals surface area contributed by atoms with Gasteiger partial charge >= 0.3 is 6.03 Å². The van der Waals surface area contributed by atoms with Crippen LogP contribution in [0.4, 0.5) is 16.2 Å². The van der Waals surface area contributed by atoms with E-state index in [1.807, 2.05) is 12.2 Å². The summed E-state index contributed by atoms with van der Waals surface area (Å²) in [5.74, 6) is -1.15. The third kappa shape index (κ3) is 6.47. The number of fused-ring (bicyclic) bond motifs is 2. The zero-order valence-corrected chi connectivity index (χ0v) is 31.6. The minimum atomic E-state index is -0.631. The number of aryl methyl sites for hydroxylation is 2. The number of carbonyl (C=O) groups is 3. The largest absolute Gasteiger partial charge is 0.345 e. The number of carbonyl (C=O) groups excluding carboxylic acids is 3. The predicted molar refractivity (Wildman–Crippen MR) is 214 cm³/mol. The molecule has 0 atom stereocenters. The third-order valence-electron chi connectivity index (χ3n) is 10.6. The van der Waals surface area contributed by atoms with Gasteiger partial charge in [0.05, 0.1) is 0 Å². The van der Waals surface area contributed by atoms with Gasteiger partial charge in [-0.25, -0.2) is 4.79 Å². The number of likely N-dealkylation sites (N-methyl/N-ethyl adjacent to an activating group) is 2. The second kappa shape index (κ2) is 14.9. The molecule has 1 aliphatic heterocycles. The molecule has 1 saturated heterocycles. The number of anilines is 2. The summed E-state index contributed by atoms with van der Waals surface area (Å²) in [5.41, 5.74) is 9.23. The van der Waals surface area contributed by atoms with Gasteiger partial charge in [-0.05, 0) is 128 Å². The minimum Gasteiger partial charge on any atom is -0.345 e. The fourth-order valence-electron chi connectivity index (χ4n) is 7.68. The number of hydrogen-bond donors (Lipinski definition) is 0. The van der Waals surface area contributed by atoms with Gasteiger partial charge in [0.15, 0.2) is 0 Å². The van der Waals surface area contributed by atoms with Gasteiger partial charge in [0.1, 0.15) is 5.57 Å². The molecule has 4 aromatic carbocycles. The van der Waals surface area contributed by atoms with Crippen molar-refractivity contribution in [2.45, 2.75) is 54.4 Å². The second-order valence-corrected chi connectivity index (χ2v) is 13.6. The van der Waals surface area contributed by atoms with Crippen LogP contribution in [0, 0.1) is 13.8 Å². The first kappa shape index (κ1) is 36.1. The Kier molecular flexibility index (Phi) is 10.3. The number of barbiturate groups is 1. The van der Waals surface area contributed by atoms with Crippen LogP contribution in [0.15, 0.2) is 131 Å². The van der Waals surface area contributed by atoms with Gasteiger partial charge in [-0.2, -0.15) is 0 Å². The lowest BCUT2D eigenvalue weighted by atomic mass is 9.95. The average molecular weight is 693 g/mol. The van der Waals surface area contributed by atoms with Crippen molar-refractivity contribution < 1.29 is 14.4 Å². The molecule has 0 aromatic heterocycles. The molecule has 0 unspecified atom stereocenters. The highest BCUT2D eigenvalue weighted by molar-refractivity contribution is 6.29. The van der Waals surface area contributed by atoms with Crippen LogP contribution in [0.3, 0.4) is 0 Å². The average Bonchev–Trinajstić information content (AvgIpc) is 3.56. The van der Waals surface area contributed by atoms with Crippen LogP contribution in [-0.4, -0.2) is 54.8 Å². The van der Waals surface area contributed by atoms with E-state index in [1.54, 1.807) is 0 Å². The number of hydrogen-bond acceptors (Lipinski definition) is 5. The number of amides is 4. The highest BCUT2D eigenvalue weighted by Gasteiger charge is 2.42. The summed E-state index contributed by atoms with van der Waals surface area (Å²) in [6.45, 7) is 14.3. The van der Waals surface area contributed by atoms with Crippen molar-refractivity contribution >= 4 is 50.8 Å². The molecule has 6 rings (SSSR count). The second-order valence-electron chi connectivity index (χ2n) is 13.6. The van der Waals surface area contributed by atoms with Crippen molar-refractivity contribution in [3.63, 3.8) is 0 Å². The van der Waals surface area contributed by atoms with Gasteiger partial charge in [0.25, 0.3) is 11.8 Å². The van der Waals surface area contributed by atoms with Crippen LogP contribution < -0.4 is 9.80 Å². The first-order chi connectivity index (χ1) is 25.0. The fourth-order valence-corrected chi connectivity index (χ4v) is 7.68. The summed E-state index contributed by atoms with van der Waals surface area (Å²) in [4.78, 5) is 46.8. The molecule has 0 N–H and O–H groups in total. The molecule has 1 heterocycles. The Morgan fingerprint density at radius 3 is 1.42 bits per heavy atom. The maximum Gasteiger partial charge on any atom is 0.333 e. The van der Waals surface area contributed by atoms with Crippen LogP contribution in [0.5, 0.6) is 0 Å². The topological polar surface area (TPSA) is 64.2 Å². The van der Waals surface area contributed by atoms with Gasteiger partial charge in [0, 0.05) is 50.0 Å². The van der Waals surface area contributed by atoms with E-state index >= 15 is 0 Å². The predicted octanol–water partition coefficient (Wildman–Crippen LogP) is 9.76. The van der Waals surface area contributed by atoms with Crippen molar-refractivity contribution in [3.05, 3.63) is 142 Å². The number of urea groups is 1. The number of imide groups is 2.